The molecule has 4 aromatic rings. The molecule has 0 amide bonds. The summed E-state index contributed by atoms with van der Waals surface area (Å²) in [5.74, 6) is 0.0297. The normalized spacial score (nSPS) is 12.3. The molecule has 0 radical (unpaired) electrons. The lowest BCUT2D eigenvalue weighted by Crippen LogP contribution is -2.31. The van der Waals surface area contributed by atoms with E-state index in [0.29, 0.717) is 23.6 Å². The van der Waals surface area contributed by atoms with Crippen LogP contribution in [0.5, 0.6) is 11.5 Å². The third-order valence-corrected chi connectivity index (χ3v) is 9.08. The van der Waals surface area contributed by atoms with E-state index >= 15 is 4.39 Å². The van der Waals surface area contributed by atoms with Gasteiger partial charge in [-0.1, -0.05) is 41.9 Å². The lowest BCUT2D eigenvalue weighted by atomic mass is 10.1. The van der Waals surface area contributed by atoms with Crippen molar-refractivity contribution in [2.75, 3.05) is 44.5 Å². The molecule has 0 saturated heterocycles. The van der Waals surface area contributed by atoms with Crippen molar-refractivity contribution in [3.63, 3.8) is 0 Å². The van der Waals surface area contributed by atoms with Crippen LogP contribution in [0, 0.1) is 5.82 Å². The molecule has 1 aromatic heterocycles. The van der Waals surface area contributed by atoms with Crippen LogP contribution in [0.15, 0.2) is 77.1 Å². The second-order valence-electron chi connectivity index (χ2n) is 9.14. The van der Waals surface area contributed by atoms with Crippen molar-refractivity contribution in [1.29, 1.82) is 0 Å². The molecule has 4 rings (SSSR count). The average Bonchev–Trinajstić information content (AvgIpc) is 3.47. The van der Waals surface area contributed by atoms with Gasteiger partial charge >= 0.3 is 0 Å². The highest BCUT2D eigenvalue weighted by molar-refractivity contribution is 7.93. The maximum absolute atomic E-state index is 15.7. The van der Waals surface area contributed by atoms with Gasteiger partial charge in [0.15, 0.2) is 5.13 Å². The molecule has 0 bridgehead atoms. The average molecular weight is 605 g/mol. The number of halogens is 2. The highest BCUT2D eigenvalue weighted by atomic mass is 35.5. The number of nitrogens with one attached hydrogen (secondary N) is 1. The zero-order valence-corrected chi connectivity index (χ0v) is 24.9. The van der Waals surface area contributed by atoms with Crippen molar-refractivity contribution in [1.82, 2.24) is 9.88 Å². The molecule has 0 aliphatic carbocycles. The molecule has 12 heteroatoms. The predicted molar refractivity (Wildman–Crippen MR) is 158 cm³/mol. The first-order valence-electron chi connectivity index (χ1n) is 12.2. The zero-order valence-electron chi connectivity index (χ0n) is 22.5. The largest absolute Gasteiger partial charge is 0.497 e. The van der Waals surface area contributed by atoms with Crippen LogP contribution in [0.1, 0.15) is 17.2 Å². The Balaban J connectivity index is 1.71. The maximum atomic E-state index is 15.7. The standard InChI is InChI=1S/C28H30ClFN4O4S2/c1-33(2)18-25(19-8-6-5-7-9-19)32-24-16-23(30)27(15-22(24)29)40(35,36)34(28-31-12-13-39-28)17-20-10-11-21(37-3)14-26(20)38-4/h5-16,25,32H,17-18H2,1-4H3/t25-/m1/s1. The molecule has 0 fully saturated rings. The minimum atomic E-state index is -4.43. The number of methoxy groups -OCH3 is 2. The molecule has 0 spiro atoms. The first-order chi connectivity index (χ1) is 19.1. The molecular weight excluding hydrogens is 575 g/mol. The number of benzene rings is 3. The van der Waals surface area contributed by atoms with E-state index in [-0.39, 0.29) is 28.4 Å². The molecular formula is C28H30ClFN4O4S2. The Labute approximate surface area is 243 Å². The summed E-state index contributed by atoms with van der Waals surface area (Å²) in [4.78, 5) is 5.62. The summed E-state index contributed by atoms with van der Waals surface area (Å²) in [5, 5.41) is 5.17. The van der Waals surface area contributed by atoms with Gasteiger partial charge in [-0.25, -0.2) is 22.1 Å². The quantitative estimate of drug-likeness (QED) is 0.210. The number of hydrogen-bond acceptors (Lipinski definition) is 8. The topological polar surface area (TPSA) is 84.0 Å². The fourth-order valence-electron chi connectivity index (χ4n) is 4.16. The monoisotopic (exact) mass is 604 g/mol. The highest BCUT2D eigenvalue weighted by Gasteiger charge is 2.32. The minimum absolute atomic E-state index is 0.0702. The number of thiazole rings is 1. The number of anilines is 2. The van der Waals surface area contributed by atoms with Crippen LogP contribution >= 0.6 is 22.9 Å². The van der Waals surface area contributed by atoms with E-state index in [9.17, 15) is 8.42 Å². The first-order valence-corrected chi connectivity index (χ1v) is 14.9. The van der Waals surface area contributed by atoms with Gasteiger partial charge in [0, 0.05) is 29.8 Å². The molecule has 1 atom stereocenters. The number of rotatable bonds is 12. The molecule has 0 aliphatic rings. The number of hydrogen-bond donors (Lipinski definition) is 1. The molecule has 212 valence electrons. The van der Waals surface area contributed by atoms with Gasteiger partial charge in [0.05, 0.1) is 37.5 Å². The smallest absolute Gasteiger partial charge is 0.269 e. The summed E-state index contributed by atoms with van der Waals surface area (Å²) < 4.78 is 55.3. The van der Waals surface area contributed by atoms with Gasteiger partial charge in [0.2, 0.25) is 0 Å². The van der Waals surface area contributed by atoms with E-state index in [1.807, 2.05) is 49.3 Å². The predicted octanol–water partition coefficient (Wildman–Crippen LogP) is 6.06. The molecule has 1 N–H and O–H groups in total. The van der Waals surface area contributed by atoms with E-state index in [2.05, 4.69) is 10.3 Å². The van der Waals surface area contributed by atoms with E-state index in [1.165, 1.54) is 20.4 Å². The van der Waals surface area contributed by atoms with Gasteiger partial charge in [-0.3, -0.25) is 0 Å². The Bertz CT molecular complexity index is 1540. The molecule has 40 heavy (non-hydrogen) atoms. The van der Waals surface area contributed by atoms with Crippen molar-refractivity contribution >= 4 is 43.8 Å². The molecule has 8 nitrogen and oxygen atoms in total. The van der Waals surface area contributed by atoms with Crippen LogP contribution in [-0.2, 0) is 16.6 Å². The van der Waals surface area contributed by atoms with Gasteiger partial charge < -0.3 is 19.7 Å². The SMILES string of the molecule is COc1ccc(CN(c2nccs2)S(=O)(=O)c2cc(Cl)c(N[C@H](CN(C)C)c3ccccc3)cc2F)c(OC)c1. The van der Waals surface area contributed by atoms with Crippen LogP contribution in [0.4, 0.5) is 15.2 Å². The maximum Gasteiger partial charge on any atom is 0.269 e. The van der Waals surface area contributed by atoms with Crippen LogP contribution < -0.4 is 19.1 Å². The van der Waals surface area contributed by atoms with Crippen molar-refractivity contribution < 1.29 is 22.3 Å². The first kappa shape index (κ1) is 29.6. The molecule has 0 aliphatic heterocycles. The lowest BCUT2D eigenvalue weighted by Gasteiger charge is -2.26. The number of sulfonamides is 1. The Morgan fingerprint density at radius 1 is 1.07 bits per heavy atom. The summed E-state index contributed by atoms with van der Waals surface area (Å²) >= 11 is 7.69. The van der Waals surface area contributed by atoms with Crippen molar-refractivity contribution in [3.05, 3.63) is 94.2 Å². The summed E-state index contributed by atoms with van der Waals surface area (Å²) in [6, 6.07) is 16.8. The van der Waals surface area contributed by atoms with Crippen LogP contribution in [-0.4, -0.2) is 53.2 Å². The number of likely N-dealkylation sites (N-methyl/N-ethyl adjacent to an activating group) is 1. The summed E-state index contributed by atoms with van der Waals surface area (Å²) in [6.45, 7) is 0.447. The van der Waals surface area contributed by atoms with Crippen LogP contribution in [0.2, 0.25) is 5.02 Å². The fraction of sp³-hybridized carbons (Fsp3) is 0.250. The molecule has 3 aromatic carbocycles. The van der Waals surface area contributed by atoms with E-state index in [1.54, 1.807) is 23.6 Å². The van der Waals surface area contributed by atoms with Gasteiger partial charge in [-0.05, 0) is 43.9 Å². The minimum Gasteiger partial charge on any atom is -0.497 e. The van der Waals surface area contributed by atoms with E-state index in [0.717, 1.165) is 33.3 Å². The summed E-state index contributed by atoms with van der Waals surface area (Å²) in [6.07, 6.45) is 1.48. The van der Waals surface area contributed by atoms with E-state index in [4.69, 9.17) is 21.1 Å². The fourth-order valence-corrected chi connectivity index (χ4v) is 6.78. The molecule has 1 heterocycles. The van der Waals surface area contributed by atoms with Crippen LogP contribution in [0.3, 0.4) is 0 Å². The Morgan fingerprint density at radius 3 is 2.45 bits per heavy atom. The summed E-state index contributed by atoms with van der Waals surface area (Å²) in [5.41, 5.74) is 1.81. The summed E-state index contributed by atoms with van der Waals surface area (Å²) in [7, 11) is 2.43. The van der Waals surface area contributed by atoms with Gasteiger partial charge in [0.1, 0.15) is 22.2 Å². The Morgan fingerprint density at radius 2 is 1.82 bits per heavy atom. The van der Waals surface area contributed by atoms with Crippen molar-refractivity contribution in [3.8, 4) is 11.5 Å². The Hall–Kier alpha value is -3.38. The van der Waals surface area contributed by atoms with Crippen LogP contribution in [0.25, 0.3) is 0 Å². The van der Waals surface area contributed by atoms with Gasteiger partial charge in [-0.2, -0.15) is 0 Å². The zero-order chi connectivity index (χ0) is 28.9. The lowest BCUT2D eigenvalue weighted by molar-refractivity contribution is 0.387. The number of aromatic nitrogens is 1. The van der Waals surface area contributed by atoms with Crippen molar-refractivity contribution in [2.24, 2.45) is 0 Å². The second kappa shape index (κ2) is 12.9. The third kappa shape index (κ3) is 6.67. The number of ether oxygens (including phenoxy) is 2. The molecule has 0 saturated carbocycles. The number of nitrogens with zero attached hydrogens (tertiary/aromatic N) is 3. The second-order valence-corrected chi connectivity index (χ2v) is 12.2. The van der Waals surface area contributed by atoms with Gasteiger partial charge in [-0.15, -0.1) is 11.3 Å². The highest BCUT2D eigenvalue weighted by Crippen LogP contribution is 2.36. The Kier molecular flexibility index (Phi) is 9.52. The van der Waals surface area contributed by atoms with Crippen molar-refractivity contribution in [2.45, 2.75) is 17.5 Å². The third-order valence-electron chi connectivity index (χ3n) is 6.11. The van der Waals surface area contributed by atoms with Gasteiger partial charge in [0.25, 0.3) is 10.0 Å². The van der Waals surface area contributed by atoms with E-state index < -0.39 is 20.7 Å². The molecule has 0 unspecified atom stereocenters.